The molecule has 9 heteroatoms. The van der Waals surface area contributed by atoms with Crippen molar-refractivity contribution in [3.63, 3.8) is 0 Å². The smallest absolute Gasteiger partial charge is 0.330 e. The summed E-state index contributed by atoms with van der Waals surface area (Å²) < 4.78 is 13.9. The van der Waals surface area contributed by atoms with E-state index in [0.717, 1.165) is 24.1 Å². The Morgan fingerprint density at radius 2 is 2.04 bits per heavy atom. The first kappa shape index (κ1) is 17.5. The summed E-state index contributed by atoms with van der Waals surface area (Å²) in [5.41, 5.74) is 3.00. The van der Waals surface area contributed by atoms with E-state index in [1.807, 2.05) is 13.0 Å². The minimum atomic E-state index is -0.0781. The van der Waals surface area contributed by atoms with Gasteiger partial charge in [-0.3, -0.25) is 9.13 Å². The molecule has 0 radical (unpaired) electrons. The predicted octanol–water partition coefficient (Wildman–Crippen LogP) is 1.94. The normalized spacial score (nSPS) is 15.2. The first-order valence-corrected chi connectivity index (χ1v) is 8.88. The zero-order valence-electron chi connectivity index (χ0n) is 15.6. The van der Waals surface area contributed by atoms with E-state index in [1.54, 1.807) is 35.7 Å². The lowest BCUT2D eigenvalue weighted by Crippen LogP contribution is -2.30. The minimum absolute atomic E-state index is 0.0781. The highest BCUT2D eigenvalue weighted by Crippen LogP contribution is 2.25. The number of anilines is 2. The lowest BCUT2D eigenvalue weighted by atomic mass is 10.1. The van der Waals surface area contributed by atoms with Crippen molar-refractivity contribution in [2.75, 3.05) is 25.6 Å². The molecule has 1 aliphatic rings. The largest absolute Gasteiger partial charge is 0.481 e. The summed E-state index contributed by atoms with van der Waals surface area (Å²) in [6.07, 6.45) is 4.95. The quantitative estimate of drug-likeness (QED) is 0.750. The summed E-state index contributed by atoms with van der Waals surface area (Å²) in [5.74, 6) is 0.967. The van der Waals surface area contributed by atoms with Gasteiger partial charge in [-0.25, -0.2) is 14.8 Å². The number of hydrogen-bond acceptors (Lipinski definition) is 7. The van der Waals surface area contributed by atoms with Gasteiger partial charge < -0.3 is 14.8 Å². The Balaban J connectivity index is 1.74. The average Bonchev–Trinajstić information content (AvgIpc) is 2.94. The summed E-state index contributed by atoms with van der Waals surface area (Å²) in [5, 5.41) is 3.18. The lowest BCUT2D eigenvalue weighted by molar-refractivity contribution is 0.0695. The van der Waals surface area contributed by atoms with E-state index in [2.05, 4.69) is 20.3 Å². The molecule has 1 saturated heterocycles. The second-order valence-electron chi connectivity index (χ2n) is 6.62. The molecule has 3 aromatic rings. The van der Waals surface area contributed by atoms with Crippen molar-refractivity contribution in [2.24, 2.45) is 7.05 Å². The maximum Gasteiger partial charge on any atom is 0.330 e. The maximum atomic E-state index is 12.8. The maximum absolute atomic E-state index is 12.8. The molecule has 3 aromatic heterocycles. The number of aromatic nitrogens is 5. The number of imidazole rings is 1. The third-order valence-corrected chi connectivity index (χ3v) is 4.93. The molecular formula is C18H22N6O3. The van der Waals surface area contributed by atoms with Crippen LogP contribution >= 0.6 is 0 Å². The molecule has 4 heterocycles. The standard InChI is InChI=1S/C18H22N6O3/c1-11-8-15(26-3)19-9-13(11)21-17-20-10-14-16(22-17)24(18(25)23(14)2)12-4-6-27-7-5-12/h8-10,12H,4-7H2,1-3H3,(H,20,21,22). The van der Waals surface area contributed by atoms with E-state index in [9.17, 15) is 4.79 Å². The molecule has 27 heavy (non-hydrogen) atoms. The number of nitrogens with one attached hydrogen (secondary N) is 1. The van der Waals surface area contributed by atoms with E-state index in [0.29, 0.717) is 36.2 Å². The Kier molecular flexibility index (Phi) is 4.53. The number of fused-ring (bicyclic) bond motifs is 1. The molecule has 142 valence electrons. The van der Waals surface area contributed by atoms with E-state index in [1.165, 1.54) is 0 Å². The van der Waals surface area contributed by atoms with Crippen LogP contribution in [-0.2, 0) is 11.8 Å². The third kappa shape index (κ3) is 3.14. The molecule has 0 amide bonds. The van der Waals surface area contributed by atoms with Crippen LogP contribution in [0, 0.1) is 6.92 Å². The third-order valence-electron chi connectivity index (χ3n) is 4.93. The van der Waals surface area contributed by atoms with E-state index >= 15 is 0 Å². The highest BCUT2D eigenvalue weighted by molar-refractivity contribution is 5.73. The van der Waals surface area contributed by atoms with Crippen LogP contribution in [0.5, 0.6) is 5.88 Å². The first-order chi connectivity index (χ1) is 13.1. The number of ether oxygens (including phenoxy) is 2. The van der Waals surface area contributed by atoms with Gasteiger partial charge in [-0.2, -0.15) is 4.98 Å². The number of hydrogen-bond donors (Lipinski definition) is 1. The fraction of sp³-hybridized carbons (Fsp3) is 0.444. The van der Waals surface area contributed by atoms with Gasteiger partial charge >= 0.3 is 5.69 Å². The molecule has 1 fully saturated rings. The Hall–Kier alpha value is -2.94. The van der Waals surface area contributed by atoms with Gasteiger partial charge in [-0.05, 0) is 25.3 Å². The van der Waals surface area contributed by atoms with Crippen LogP contribution in [0.2, 0.25) is 0 Å². The van der Waals surface area contributed by atoms with E-state index < -0.39 is 0 Å². The van der Waals surface area contributed by atoms with Crippen molar-refractivity contribution in [3.8, 4) is 5.88 Å². The number of nitrogens with zero attached hydrogens (tertiary/aromatic N) is 5. The van der Waals surface area contributed by atoms with Gasteiger partial charge in [-0.15, -0.1) is 0 Å². The fourth-order valence-corrected chi connectivity index (χ4v) is 3.36. The molecule has 1 aliphatic heterocycles. The Bertz CT molecular complexity index is 1040. The summed E-state index contributed by atoms with van der Waals surface area (Å²) in [7, 11) is 3.32. The highest BCUT2D eigenvalue weighted by atomic mass is 16.5. The molecule has 1 N–H and O–H groups in total. The van der Waals surface area contributed by atoms with Crippen molar-refractivity contribution < 1.29 is 9.47 Å². The summed E-state index contributed by atoms with van der Waals surface area (Å²) in [6.45, 7) is 3.26. The van der Waals surface area contributed by atoms with Crippen molar-refractivity contribution in [3.05, 3.63) is 34.5 Å². The van der Waals surface area contributed by atoms with Crippen molar-refractivity contribution in [2.45, 2.75) is 25.8 Å². The average molecular weight is 370 g/mol. The van der Waals surface area contributed by atoms with Gasteiger partial charge in [-0.1, -0.05) is 0 Å². The van der Waals surface area contributed by atoms with Gasteiger partial charge in [0, 0.05) is 32.4 Å². The number of methoxy groups -OCH3 is 1. The second kappa shape index (κ2) is 6.99. The second-order valence-corrected chi connectivity index (χ2v) is 6.62. The van der Waals surface area contributed by atoms with E-state index in [4.69, 9.17) is 9.47 Å². The molecule has 0 aliphatic carbocycles. The van der Waals surface area contributed by atoms with Crippen LogP contribution in [-0.4, -0.2) is 44.4 Å². The minimum Gasteiger partial charge on any atom is -0.481 e. The molecular weight excluding hydrogens is 348 g/mol. The summed E-state index contributed by atoms with van der Waals surface area (Å²) in [4.78, 5) is 26.0. The van der Waals surface area contributed by atoms with Gasteiger partial charge in [0.15, 0.2) is 5.65 Å². The fourth-order valence-electron chi connectivity index (χ4n) is 3.36. The van der Waals surface area contributed by atoms with E-state index in [-0.39, 0.29) is 11.7 Å². The monoisotopic (exact) mass is 370 g/mol. The molecule has 0 atom stereocenters. The van der Waals surface area contributed by atoms with Crippen molar-refractivity contribution in [1.82, 2.24) is 24.1 Å². The SMILES string of the molecule is COc1cc(C)c(Nc2ncc3c(n2)n(C2CCOCC2)c(=O)n3C)cn1. The Labute approximate surface area is 156 Å². The molecule has 4 rings (SSSR count). The van der Waals surface area contributed by atoms with Gasteiger partial charge in [0.05, 0.1) is 25.2 Å². The van der Waals surface area contributed by atoms with Crippen LogP contribution < -0.4 is 15.7 Å². The highest BCUT2D eigenvalue weighted by Gasteiger charge is 2.23. The van der Waals surface area contributed by atoms with Crippen LogP contribution in [0.1, 0.15) is 24.4 Å². The molecule has 0 unspecified atom stereocenters. The number of pyridine rings is 1. The number of rotatable bonds is 4. The molecule has 9 nitrogen and oxygen atoms in total. The lowest BCUT2D eigenvalue weighted by Gasteiger charge is -2.22. The predicted molar refractivity (Wildman–Crippen MR) is 101 cm³/mol. The van der Waals surface area contributed by atoms with Crippen LogP contribution in [0.25, 0.3) is 11.2 Å². The van der Waals surface area contributed by atoms with Crippen LogP contribution in [0.3, 0.4) is 0 Å². The Morgan fingerprint density at radius 1 is 1.26 bits per heavy atom. The van der Waals surface area contributed by atoms with Gasteiger partial charge in [0.1, 0.15) is 5.52 Å². The number of aryl methyl sites for hydroxylation is 2. The van der Waals surface area contributed by atoms with Crippen LogP contribution in [0.15, 0.2) is 23.3 Å². The molecule has 0 bridgehead atoms. The topological polar surface area (TPSA) is 96.1 Å². The summed E-state index contributed by atoms with van der Waals surface area (Å²) in [6, 6.07) is 1.92. The molecule has 0 spiro atoms. The molecule has 0 aromatic carbocycles. The Morgan fingerprint density at radius 3 is 2.74 bits per heavy atom. The zero-order chi connectivity index (χ0) is 19.0. The van der Waals surface area contributed by atoms with Gasteiger partial charge in [0.2, 0.25) is 11.8 Å². The zero-order valence-corrected chi connectivity index (χ0v) is 15.6. The van der Waals surface area contributed by atoms with Crippen LogP contribution in [0.4, 0.5) is 11.6 Å². The van der Waals surface area contributed by atoms with Crippen molar-refractivity contribution >= 4 is 22.8 Å². The first-order valence-electron chi connectivity index (χ1n) is 8.88. The van der Waals surface area contributed by atoms with Crippen molar-refractivity contribution in [1.29, 1.82) is 0 Å². The summed E-state index contributed by atoms with van der Waals surface area (Å²) >= 11 is 0. The molecule has 0 saturated carbocycles. The van der Waals surface area contributed by atoms with Gasteiger partial charge in [0.25, 0.3) is 0 Å².